The molecule has 18 heavy (non-hydrogen) atoms. The molecule has 2 rings (SSSR count). The number of carbonyl (C=O) groups is 1. The van der Waals surface area contributed by atoms with Gasteiger partial charge in [-0.2, -0.15) is 0 Å². The van der Waals surface area contributed by atoms with E-state index in [0.29, 0.717) is 12.2 Å². The standard InChI is InChI=1S/C15H20O3/c1-5-15(6-2)8-13(17)18-14-10(4)9(3)12(16)7-11(14)15/h7,16H,5-6,8H2,1-4H3. The van der Waals surface area contributed by atoms with Crippen LogP contribution in [-0.2, 0) is 10.2 Å². The molecule has 1 aliphatic heterocycles. The second kappa shape index (κ2) is 4.30. The van der Waals surface area contributed by atoms with E-state index in [1.54, 1.807) is 6.07 Å². The van der Waals surface area contributed by atoms with Crippen LogP contribution in [0.4, 0.5) is 0 Å². The van der Waals surface area contributed by atoms with Gasteiger partial charge in [0.15, 0.2) is 0 Å². The third-order valence-corrected chi connectivity index (χ3v) is 4.44. The molecular formula is C15H20O3. The molecule has 1 aromatic rings. The molecule has 1 N–H and O–H groups in total. The molecular weight excluding hydrogens is 228 g/mol. The highest BCUT2D eigenvalue weighted by Gasteiger charge is 2.40. The molecule has 0 spiro atoms. The number of phenolic OH excluding ortho intramolecular Hbond substituents is 1. The fraction of sp³-hybridized carbons (Fsp3) is 0.533. The van der Waals surface area contributed by atoms with E-state index in [1.165, 1.54) is 0 Å². The molecule has 0 unspecified atom stereocenters. The lowest BCUT2D eigenvalue weighted by atomic mass is 9.71. The Morgan fingerprint density at radius 2 is 1.89 bits per heavy atom. The summed E-state index contributed by atoms with van der Waals surface area (Å²) in [6.07, 6.45) is 2.13. The zero-order valence-corrected chi connectivity index (χ0v) is 11.5. The maximum absolute atomic E-state index is 11.8. The van der Waals surface area contributed by atoms with E-state index in [1.807, 2.05) is 13.8 Å². The van der Waals surface area contributed by atoms with Crippen molar-refractivity contribution in [2.75, 3.05) is 0 Å². The van der Waals surface area contributed by atoms with E-state index in [9.17, 15) is 9.90 Å². The maximum atomic E-state index is 11.8. The molecule has 0 radical (unpaired) electrons. The van der Waals surface area contributed by atoms with Gasteiger partial charge in [-0.25, -0.2) is 0 Å². The SMILES string of the molecule is CCC1(CC)CC(=O)Oc2c1cc(O)c(C)c2C. The number of aromatic hydroxyl groups is 1. The van der Waals surface area contributed by atoms with Gasteiger partial charge in [0.25, 0.3) is 0 Å². The molecule has 0 fully saturated rings. The zero-order chi connectivity index (χ0) is 13.5. The molecule has 3 heteroatoms. The average Bonchev–Trinajstić information content (AvgIpc) is 2.36. The van der Waals surface area contributed by atoms with Crippen molar-refractivity contribution in [3.63, 3.8) is 0 Å². The minimum absolute atomic E-state index is 0.167. The number of carbonyl (C=O) groups excluding carboxylic acids is 1. The van der Waals surface area contributed by atoms with E-state index in [2.05, 4.69) is 13.8 Å². The van der Waals surface area contributed by atoms with Crippen LogP contribution in [0.1, 0.15) is 49.8 Å². The molecule has 1 aromatic carbocycles. The van der Waals surface area contributed by atoms with Crippen molar-refractivity contribution < 1.29 is 14.6 Å². The molecule has 98 valence electrons. The first kappa shape index (κ1) is 12.9. The molecule has 1 aliphatic rings. The predicted octanol–water partition coefficient (Wildman–Crippen LogP) is 3.38. The van der Waals surface area contributed by atoms with E-state index in [4.69, 9.17) is 4.74 Å². The Hall–Kier alpha value is -1.51. The normalized spacial score (nSPS) is 17.2. The summed E-state index contributed by atoms with van der Waals surface area (Å²) in [7, 11) is 0. The van der Waals surface area contributed by atoms with Crippen molar-refractivity contribution in [2.45, 2.75) is 52.4 Å². The van der Waals surface area contributed by atoms with Crippen LogP contribution in [0.3, 0.4) is 0 Å². The van der Waals surface area contributed by atoms with Gasteiger partial charge in [-0.05, 0) is 43.9 Å². The molecule has 0 aliphatic carbocycles. The van der Waals surface area contributed by atoms with Crippen molar-refractivity contribution in [3.05, 3.63) is 22.8 Å². The minimum atomic E-state index is -0.194. The van der Waals surface area contributed by atoms with E-state index in [-0.39, 0.29) is 17.1 Å². The lowest BCUT2D eigenvalue weighted by Gasteiger charge is -2.37. The van der Waals surface area contributed by atoms with Crippen LogP contribution >= 0.6 is 0 Å². The van der Waals surface area contributed by atoms with Crippen LogP contribution in [0.5, 0.6) is 11.5 Å². The van der Waals surface area contributed by atoms with Crippen LogP contribution in [-0.4, -0.2) is 11.1 Å². The number of phenols is 1. The number of benzene rings is 1. The molecule has 0 saturated carbocycles. The summed E-state index contributed by atoms with van der Waals surface area (Å²) in [5.41, 5.74) is 2.43. The summed E-state index contributed by atoms with van der Waals surface area (Å²) in [6, 6.07) is 1.77. The van der Waals surface area contributed by atoms with E-state index >= 15 is 0 Å². The Morgan fingerprint density at radius 1 is 1.28 bits per heavy atom. The number of hydrogen-bond acceptors (Lipinski definition) is 3. The van der Waals surface area contributed by atoms with Gasteiger partial charge >= 0.3 is 5.97 Å². The lowest BCUT2D eigenvalue weighted by Crippen LogP contribution is -2.35. The molecule has 0 aromatic heterocycles. The van der Waals surface area contributed by atoms with Crippen molar-refractivity contribution in [2.24, 2.45) is 0 Å². The third-order valence-electron chi connectivity index (χ3n) is 4.44. The first-order valence-corrected chi connectivity index (χ1v) is 6.49. The van der Waals surface area contributed by atoms with Gasteiger partial charge < -0.3 is 9.84 Å². The highest BCUT2D eigenvalue weighted by molar-refractivity contribution is 5.79. The second-order valence-electron chi connectivity index (χ2n) is 5.16. The number of ether oxygens (including phenoxy) is 1. The average molecular weight is 248 g/mol. The Labute approximate surface area is 108 Å². The zero-order valence-electron chi connectivity index (χ0n) is 11.5. The van der Waals surface area contributed by atoms with Gasteiger partial charge in [0.2, 0.25) is 0 Å². The van der Waals surface area contributed by atoms with Gasteiger partial charge in [0.05, 0.1) is 6.42 Å². The summed E-state index contributed by atoms with van der Waals surface area (Å²) in [4.78, 5) is 11.8. The Kier molecular flexibility index (Phi) is 3.09. The van der Waals surface area contributed by atoms with Crippen molar-refractivity contribution in [1.82, 2.24) is 0 Å². The molecule has 0 saturated heterocycles. The number of esters is 1. The summed E-state index contributed by atoms with van der Waals surface area (Å²) >= 11 is 0. The highest BCUT2D eigenvalue weighted by Crippen LogP contribution is 2.47. The van der Waals surface area contributed by atoms with Crippen LogP contribution in [0.25, 0.3) is 0 Å². The van der Waals surface area contributed by atoms with E-state index < -0.39 is 0 Å². The van der Waals surface area contributed by atoms with Crippen LogP contribution in [0.15, 0.2) is 6.07 Å². The maximum Gasteiger partial charge on any atom is 0.312 e. The molecule has 3 nitrogen and oxygen atoms in total. The van der Waals surface area contributed by atoms with Crippen molar-refractivity contribution >= 4 is 5.97 Å². The second-order valence-corrected chi connectivity index (χ2v) is 5.16. The fourth-order valence-electron chi connectivity index (χ4n) is 2.80. The van der Waals surface area contributed by atoms with Crippen molar-refractivity contribution in [3.8, 4) is 11.5 Å². The van der Waals surface area contributed by atoms with E-state index in [0.717, 1.165) is 29.5 Å². The summed E-state index contributed by atoms with van der Waals surface area (Å²) in [5, 5.41) is 10.0. The number of fused-ring (bicyclic) bond motifs is 1. The summed E-state index contributed by atoms with van der Waals surface area (Å²) in [5.74, 6) is 0.778. The predicted molar refractivity (Wildman–Crippen MR) is 70.1 cm³/mol. The van der Waals surface area contributed by atoms with Gasteiger partial charge in [0, 0.05) is 11.0 Å². The van der Waals surface area contributed by atoms with Crippen LogP contribution < -0.4 is 4.74 Å². The largest absolute Gasteiger partial charge is 0.508 e. The van der Waals surface area contributed by atoms with Crippen LogP contribution in [0, 0.1) is 13.8 Å². The van der Waals surface area contributed by atoms with Crippen LogP contribution in [0.2, 0.25) is 0 Å². The Balaban J connectivity index is 2.73. The van der Waals surface area contributed by atoms with Gasteiger partial charge in [-0.1, -0.05) is 13.8 Å². The lowest BCUT2D eigenvalue weighted by molar-refractivity contribution is -0.137. The monoisotopic (exact) mass is 248 g/mol. The van der Waals surface area contributed by atoms with Crippen molar-refractivity contribution in [1.29, 1.82) is 0 Å². The fourth-order valence-corrected chi connectivity index (χ4v) is 2.80. The highest BCUT2D eigenvalue weighted by atomic mass is 16.5. The van der Waals surface area contributed by atoms with Gasteiger partial charge in [-0.15, -0.1) is 0 Å². The smallest absolute Gasteiger partial charge is 0.312 e. The third kappa shape index (κ3) is 1.69. The topological polar surface area (TPSA) is 46.5 Å². The van der Waals surface area contributed by atoms with Gasteiger partial charge in [-0.3, -0.25) is 4.79 Å². The molecule has 0 atom stereocenters. The molecule has 1 heterocycles. The summed E-state index contributed by atoms with van der Waals surface area (Å²) < 4.78 is 5.41. The van der Waals surface area contributed by atoms with Gasteiger partial charge in [0.1, 0.15) is 11.5 Å². The molecule has 0 bridgehead atoms. The quantitative estimate of drug-likeness (QED) is 0.644. The Morgan fingerprint density at radius 3 is 2.44 bits per heavy atom. The summed E-state index contributed by atoms with van der Waals surface area (Å²) in [6.45, 7) is 7.89. The minimum Gasteiger partial charge on any atom is -0.508 e. The first-order valence-electron chi connectivity index (χ1n) is 6.49. The number of hydrogen-bond donors (Lipinski definition) is 1. The first-order chi connectivity index (χ1) is 8.45. The molecule has 0 amide bonds. The number of rotatable bonds is 2. The Bertz CT molecular complexity index is 499.